The molecule has 1 aromatic heterocycles. The lowest BCUT2D eigenvalue weighted by Crippen LogP contribution is -2.54. The monoisotopic (exact) mass is 494 g/mol. The number of aliphatic hydroxyl groups excluding tert-OH is 1. The van der Waals surface area contributed by atoms with Gasteiger partial charge in [-0.3, -0.25) is 4.79 Å². The number of nitrogens with zero attached hydrogens (tertiary/aromatic N) is 3. The Morgan fingerprint density at radius 2 is 1.71 bits per heavy atom. The smallest absolute Gasteiger partial charge is 0.275 e. The van der Waals surface area contributed by atoms with Crippen LogP contribution in [-0.4, -0.2) is 57.2 Å². The van der Waals surface area contributed by atoms with Crippen molar-refractivity contribution in [3.63, 3.8) is 0 Å². The number of amides is 1. The number of rotatable bonds is 5. The molecule has 2 heterocycles. The average molecular weight is 495 g/mol. The van der Waals surface area contributed by atoms with Crippen LogP contribution in [0, 0.1) is 0 Å². The molecule has 0 spiro atoms. The highest BCUT2D eigenvalue weighted by atomic mass is 35.5. The maximum absolute atomic E-state index is 14.0. The fraction of sp³-hybridized carbons (Fsp3) is 0.429. The molecule has 0 bridgehead atoms. The highest BCUT2D eigenvalue weighted by molar-refractivity contribution is 5.98. The number of carbonyl (C=O) groups is 1. The minimum absolute atomic E-state index is 0. The third-order valence-corrected chi connectivity index (χ3v) is 7.27. The van der Waals surface area contributed by atoms with E-state index < -0.39 is 6.10 Å². The van der Waals surface area contributed by atoms with Gasteiger partial charge in [0, 0.05) is 31.2 Å². The molecule has 1 aliphatic heterocycles. The molecule has 0 unspecified atom stereocenters. The van der Waals surface area contributed by atoms with Gasteiger partial charge in [-0.2, -0.15) is 0 Å². The van der Waals surface area contributed by atoms with E-state index in [0.717, 1.165) is 62.9 Å². The number of hydrogen-bond donors (Lipinski definition) is 2. The molecule has 2 aliphatic rings. The Morgan fingerprint density at radius 1 is 1.00 bits per heavy atom. The molecule has 0 radical (unpaired) electrons. The summed E-state index contributed by atoms with van der Waals surface area (Å²) in [5, 5.41) is 14.4. The number of aromatic nitrogens is 2. The third kappa shape index (κ3) is 5.61. The molecule has 3 atom stereocenters. The number of carbonyl (C=O) groups excluding carboxylic acids is 1. The molecule has 2 N–H and O–H groups in total. The first kappa shape index (κ1) is 25.4. The van der Waals surface area contributed by atoms with Crippen LogP contribution in [0.25, 0.3) is 11.3 Å². The summed E-state index contributed by atoms with van der Waals surface area (Å²) in [4.78, 5) is 20.7. The molecule has 7 heteroatoms. The number of piperazine rings is 1. The molecule has 2 aromatic carbocycles. The summed E-state index contributed by atoms with van der Waals surface area (Å²) in [5.74, 6) is -0.0249. The van der Waals surface area contributed by atoms with Crippen molar-refractivity contribution in [3.8, 4) is 11.3 Å². The first-order chi connectivity index (χ1) is 16.7. The molecule has 186 valence electrons. The Bertz CT molecular complexity index is 1090. The number of benzene rings is 2. The van der Waals surface area contributed by atoms with E-state index in [0.29, 0.717) is 12.2 Å². The van der Waals surface area contributed by atoms with Crippen LogP contribution < -0.4 is 5.32 Å². The van der Waals surface area contributed by atoms with Crippen molar-refractivity contribution in [1.82, 2.24) is 19.8 Å². The first-order valence-corrected chi connectivity index (χ1v) is 12.6. The average Bonchev–Trinajstić information content (AvgIpc) is 3.20. The first-order valence-electron chi connectivity index (χ1n) is 12.6. The zero-order valence-corrected chi connectivity index (χ0v) is 20.9. The highest BCUT2D eigenvalue weighted by Gasteiger charge is 2.33. The fourth-order valence-electron chi connectivity index (χ4n) is 5.48. The second-order valence-corrected chi connectivity index (χ2v) is 9.53. The van der Waals surface area contributed by atoms with Gasteiger partial charge in [0.2, 0.25) is 0 Å². The van der Waals surface area contributed by atoms with E-state index in [1.54, 1.807) is 6.33 Å². The second-order valence-electron chi connectivity index (χ2n) is 9.53. The highest BCUT2D eigenvalue weighted by Crippen LogP contribution is 2.34. The summed E-state index contributed by atoms with van der Waals surface area (Å²) in [6.07, 6.45) is 7.11. The van der Waals surface area contributed by atoms with Crippen molar-refractivity contribution in [2.75, 3.05) is 19.6 Å². The summed E-state index contributed by atoms with van der Waals surface area (Å²) in [6.45, 7) is 2.20. The molecular formula is C28H35ClN4O2. The molecule has 1 aliphatic carbocycles. The van der Waals surface area contributed by atoms with Crippen LogP contribution in [0.3, 0.4) is 0 Å². The van der Waals surface area contributed by atoms with Crippen LogP contribution in [0.5, 0.6) is 0 Å². The Morgan fingerprint density at radius 3 is 2.49 bits per heavy atom. The predicted octanol–water partition coefficient (Wildman–Crippen LogP) is 4.49. The number of nitrogens with one attached hydrogen (secondary N) is 1. The molecule has 1 saturated carbocycles. The minimum atomic E-state index is -0.424. The summed E-state index contributed by atoms with van der Waals surface area (Å²) in [7, 11) is 0. The van der Waals surface area contributed by atoms with Gasteiger partial charge in [-0.1, -0.05) is 79.9 Å². The Kier molecular flexibility index (Phi) is 8.60. The molecule has 1 saturated heterocycles. The summed E-state index contributed by atoms with van der Waals surface area (Å²) >= 11 is 0. The van der Waals surface area contributed by atoms with Crippen LogP contribution in [0.4, 0.5) is 0 Å². The van der Waals surface area contributed by atoms with Gasteiger partial charge in [0.05, 0.1) is 24.2 Å². The van der Waals surface area contributed by atoms with Crippen LogP contribution >= 0.6 is 12.4 Å². The van der Waals surface area contributed by atoms with Gasteiger partial charge < -0.3 is 19.9 Å². The lowest BCUT2D eigenvalue weighted by atomic mass is 10.0. The molecule has 3 aromatic rings. The van der Waals surface area contributed by atoms with Crippen LogP contribution in [0.1, 0.15) is 54.2 Å². The normalized spacial score (nSPS) is 22.8. The Labute approximate surface area is 213 Å². The molecule has 2 fully saturated rings. The van der Waals surface area contributed by atoms with Gasteiger partial charge in [0.15, 0.2) is 5.69 Å². The molecule has 5 rings (SSSR count). The topological polar surface area (TPSA) is 70.4 Å². The van der Waals surface area contributed by atoms with Gasteiger partial charge in [-0.25, -0.2) is 4.98 Å². The molecule has 35 heavy (non-hydrogen) atoms. The second kappa shape index (κ2) is 11.8. The summed E-state index contributed by atoms with van der Waals surface area (Å²) in [5.41, 5.74) is 3.51. The maximum Gasteiger partial charge on any atom is 0.275 e. The van der Waals surface area contributed by atoms with Gasteiger partial charge in [-0.15, -0.1) is 12.4 Å². The number of hydrogen-bond acceptors (Lipinski definition) is 4. The van der Waals surface area contributed by atoms with Crippen molar-refractivity contribution < 1.29 is 9.90 Å². The lowest BCUT2D eigenvalue weighted by Gasteiger charge is -2.36. The third-order valence-electron chi connectivity index (χ3n) is 7.27. The zero-order valence-electron chi connectivity index (χ0n) is 20.1. The van der Waals surface area contributed by atoms with Crippen molar-refractivity contribution in [1.29, 1.82) is 0 Å². The molecule has 6 nitrogen and oxygen atoms in total. The SMILES string of the molecule is Cl.O=C(c1ncn([C@@H]2CCCCC[C@@H]2O)c1-c1ccccc1)N1CCNC[C@H]1Cc1ccccc1. The van der Waals surface area contributed by atoms with Crippen molar-refractivity contribution in [3.05, 3.63) is 78.2 Å². The largest absolute Gasteiger partial charge is 0.391 e. The van der Waals surface area contributed by atoms with Gasteiger partial charge in [0.25, 0.3) is 5.91 Å². The van der Waals surface area contributed by atoms with E-state index in [2.05, 4.69) is 27.0 Å². The number of halogens is 1. The molecular weight excluding hydrogens is 460 g/mol. The summed E-state index contributed by atoms with van der Waals surface area (Å²) in [6, 6.07) is 20.4. The summed E-state index contributed by atoms with van der Waals surface area (Å²) < 4.78 is 2.08. The van der Waals surface area contributed by atoms with Crippen molar-refractivity contribution in [2.24, 2.45) is 0 Å². The standard InChI is InChI=1S/C28H34N4O2.ClH/c33-25-15-9-3-8-14-24(25)32-20-30-26(27(32)22-12-6-2-7-13-22)28(34)31-17-16-29-19-23(31)18-21-10-4-1-5-11-21;/h1-2,4-7,10-13,20,23-25,29,33H,3,8-9,14-19H2;1H/t23-,24-,25+;/m1./s1. The maximum atomic E-state index is 14.0. The van der Waals surface area contributed by atoms with Crippen LogP contribution in [0.15, 0.2) is 67.0 Å². The van der Waals surface area contributed by atoms with Gasteiger partial charge >= 0.3 is 0 Å². The Hall–Kier alpha value is -2.67. The van der Waals surface area contributed by atoms with Crippen molar-refractivity contribution >= 4 is 18.3 Å². The number of imidazole rings is 1. The van der Waals surface area contributed by atoms with E-state index in [9.17, 15) is 9.90 Å². The van der Waals surface area contributed by atoms with Crippen molar-refractivity contribution in [2.45, 2.75) is 56.7 Å². The minimum Gasteiger partial charge on any atom is -0.391 e. The van der Waals surface area contributed by atoms with Crippen LogP contribution in [0.2, 0.25) is 0 Å². The number of aliphatic hydroxyl groups is 1. The fourth-order valence-corrected chi connectivity index (χ4v) is 5.48. The van der Waals surface area contributed by atoms with E-state index in [1.165, 1.54) is 5.56 Å². The Balaban J connectivity index is 0.00000289. The van der Waals surface area contributed by atoms with E-state index in [1.807, 2.05) is 53.4 Å². The molecule has 1 amide bonds. The quantitative estimate of drug-likeness (QED) is 0.512. The van der Waals surface area contributed by atoms with E-state index >= 15 is 0 Å². The lowest BCUT2D eigenvalue weighted by molar-refractivity contribution is 0.0630. The van der Waals surface area contributed by atoms with E-state index in [-0.39, 0.29) is 30.4 Å². The van der Waals surface area contributed by atoms with E-state index in [4.69, 9.17) is 0 Å². The van der Waals surface area contributed by atoms with Gasteiger partial charge in [-0.05, 0) is 24.8 Å². The van der Waals surface area contributed by atoms with Crippen LogP contribution in [-0.2, 0) is 6.42 Å². The predicted molar refractivity (Wildman–Crippen MR) is 141 cm³/mol. The zero-order chi connectivity index (χ0) is 23.3. The van der Waals surface area contributed by atoms with Gasteiger partial charge in [0.1, 0.15) is 0 Å².